The van der Waals surface area contributed by atoms with E-state index in [1.165, 1.54) is 28.8 Å². The molecule has 2 aliphatic rings. The Bertz CT molecular complexity index is 970. The number of Topliss-reactive ketones (excluding diaryl/α,β-unsaturated/α-hetero) is 1. The second-order valence-electron chi connectivity index (χ2n) is 9.66. The van der Waals surface area contributed by atoms with Gasteiger partial charge in [-0.1, -0.05) is 0 Å². The van der Waals surface area contributed by atoms with Crippen molar-refractivity contribution in [1.82, 2.24) is 9.88 Å². The number of hydrogen-bond donors (Lipinski definition) is 0. The molecule has 0 radical (unpaired) electrons. The van der Waals surface area contributed by atoms with Crippen molar-refractivity contribution in [3.8, 4) is 10.6 Å². The van der Waals surface area contributed by atoms with Crippen LogP contribution in [0, 0.1) is 6.92 Å². The third kappa shape index (κ3) is 5.26. The van der Waals surface area contributed by atoms with Crippen LogP contribution in [0.2, 0.25) is 0 Å². The average Bonchev–Trinajstić information content (AvgIpc) is 3.38. The number of nitrogens with zero attached hydrogens (tertiary/aromatic N) is 2. The van der Waals surface area contributed by atoms with Crippen molar-refractivity contribution in [3.63, 3.8) is 0 Å². The van der Waals surface area contributed by atoms with Crippen LogP contribution in [0.15, 0.2) is 5.38 Å². The molecule has 0 spiro atoms. The predicted molar refractivity (Wildman–Crippen MR) is 126 cm³/mol. The monoisotopic (exact) mass is 460 g/mol. The molecule has 1 fully saturated rings. The zero-order valence-corrected chi connectivity index (χ0v) is 20.6. The van der Waals surface area contributed by atoms with Crippen molar-refractivity contribution in [2.24, 2.45) is 0 Å². The van der Waals surface area contributed by atoms with Crippen molar-refractivity contribution in [2.45, 2.75) is 84.3 Å². The first kappa shape index (κ1) is 22.6. The Labute approximate surface area is 192 Å². The number of fused-ring (bicyclic) bond motifs is 1. The molecule has 4 rings (SSSR count). The molecule has 7 heteroatoms. The lowest BCUT2D eigenvalue weighted by molar-refractivity contribution is -0.156. The fraction of sp³-hybridized carbons (Fsp3) is 0.625. The number of esters is 1. The summed E-state index contributed by atoms with van der Waals surface area (Å²) < 4.78 is 5.48. The van der Waals surface area contributed by atoms with Crippen molar-refractivity contribution >= 4 is 34.4 Å². The molecule has 1 saturated heterocycles. The molecule has 2 aromatic rings. The van der Waals surface area contributed by atoms with Gasteiger partial charge in [-0.2, -0.15) is 0 Å². The number of ketones is 1. The number of carbonyl (C=O) groups excluding carboxylic acids is 2. The molecule has 0 N–H and O–H groups in total. The van der Waals surface area contributed by atoms with E-state index in [1.54, 1.807) is 11.3 Å². The topological polar surface area (TPSA) is 59.5 Å². The van der Waals surface area contributed by atoms with Crippen molar-refractivity contribution in [1.29, 1.82) is 0 Å². The van der Waals surface area contributed by atoms with Crippen LogP contribution in [0.1, 0.15) is 67.5 Å². The van der Waals surface area contributed by atoms with E-state index in [4.69, 9.17) is 9.72 Å². The largest absolute Gasteiger partial charge is 0.459 e. The Kier molecular flexibility index (Phi) is 6.65. The van der Waals surface area contributed by atoms with Gasteiger partial charge in [0.2, 0.25) is 0 Å². The van der Waals surface area contributed by atoms with Gasteiger partial charge in [0, 0.05) is 32.8 Å². The summed E-state index contributed by atoms with van der Waals surface area (Å²) in [7, 11) is 0. The van der Waals surface area contributed by atoms with E-state index in [0.717, 1.165) is 47.8 Å². The minimum absolute atomic E-state index is 0.188. The van der Waals surface area contributed by atoms with Crippen LogP contribution in [-0.4, -0.2) is 46.4 Å². The first-order chi connectivity index (χ1) is 14.7. The normalized spacial score (nSPS) is 19.4. The van der Waals surface area contributed by atoms with E-state index in [9.17, 15) is 9.59 Å². The zero-order chi connectivity index (χ0) is 22.2. The summed E-state index contributed by atoms with van der Waals surface area (Å²) in [6.07, 6.45) is 6.82. The van der Waals surface area contributed by atoms with Crippen molar-refractivity contribution in [2.75, 3.05) is 13.1 Å². The number of rotatable bonds is 6. The van der Waals surface area contributed by atoms with E-state index >= 15 is 0 Å². The Balaban J connectivity index is 1.53. The summed E-state index contributed by atoms with van der Waals surface area (Å²) in [5, 5.41) is 3.14. The molecule has 3 heterocycles. The number of likely N-dealkylation sites (tertiary alicyclic amines) is 1. The average molecular weight is 461 g/mol. The van der Waals surface area contributed by atoms with Gasteiger partial charge in [0.25, 0.3) is 0 Å². The molecule has 1 unspecified atom stereocenters. The first-order valence-electron chi connectivity index (χ1n) is 11.3. The van der Waals surface area contributed by atoms with E-state index in [-0.39, 0.29) is 24.3 Å². The number of thiazole rings is 1. The van der Waals surface area contributed by atoms with E-state index in [2.05, 4.69) is 5.38 Å². The Hall–Kier alpha value is -1.57. The van der Waals surface area contributed by atoms with Gasteiger partial charge in [0.1, 0.15) is 10.6 Å². The number of aromatic nitrogens is 1. The highest BCUT2D eigenvalue weighted by atomic mass is 32.1. The van der Waals surface area contributed by atoms with Gasteiger partial charge in [-0.25, -0.2) is 4.98 Å². The quantitative estimate of drug-likeness (QED) is 0.569. The van der Waals surface area contributed by atoms with Crippen LogP contribution in [0.25, 0.3) is 10.6 Å². The van der Waals surface area contributed by atoms with Gasteiger partial charge in [-0.05, 0) is 78.3 Å². The Morgan fingerprint density at radius 1 is 1.23 bits per heavy atom. The molecule has 0 amide bonds. The molecule has 31 heavy (non-hydrogen) atoms. The second kappa shape index (κ2) is 9.12. The minimum atomic E-state index is -0.507. The van der Waals surface area contributed by atoms with Gasteiger partial charge in [-0.3, -0.25) is 14.5 Å². The lowest BCUT2D eigenvalue weighted by Crippen LogP contribution is -2.41. The van der Waals surface area contributed by atoms with Gasteiger partial charge in [0.15, 0.2) is 5.78 Å². The lowest BCUT2D eigenvalue weighted by Gasteiger charge is -2.25. The Morgan fingerprint density at radius 3 is 2.71 bits per heavy atom. The number of thiophene rings is 1. The van der Waals surface area contributed by atoms with Crippen molar-refractivity contribution in [3.05, 3.63) is 26.4 Å². The molecule has 1 aliphatic heterocycles. The number of ether oxygens (including phenoxy) is 1. The molecule has 0 aromatic carbocycles. The number of aryl methyl sites for hydroxylation is 2. The SMILES string of the molecule is Cc1csc(-c2c(CC(=O)C3CCCN3CC(=O)OC(C)(C)C)sc3c2CCCC3)n1. The van der Waals surface area contributed by atoms with E-state index < -0.39 is 5.60 Å². The van der Waals surface area contributed by atoms with Gasteiger partial charge in [-0.15, -0.1) is 22.7 Å². The van der Waals surface area contributed by atoms with E-state index in [0.29, 0.717) is 6.42 Å². The van der Waals surface area contributed by atoms with Crippen LogP contribution >= 0.6 is 22.7 Å². The molecule has 1 atom stereocenters. The van der Waals surface area contributed by atoms with Crippen LogP contribution in [0.3, 0.4) is 0 Å². The summed E-state index contributed by atoms with van der Waals surface area (Å²) >= 11 is 3.49. The maximum absolute atomic E-state index is 13.4. The first-order valence-corrected chi connectivity index (χ1v) is 13.0. The third-order valence-electron chi connectivity index (χ3n) is 5.90. The fourth-order valence-electron chi connectivity index (χ4n) is 4.66. The third-order valence-corrected chi connectivity index (χ3v) is 8.17. The van der Waals surface area contributed by atoms with Crippen LogP contribution in [-0.2, 0) is 33.6 Å². The smallest absolute Gasteiger partial charge is 0.320 e. The molecule has 168 valence electrons. The fourth-order valence-corrected chi connectivity index (χ4v) is 7.03. The summed E-state index contributed by atoms with van der Waals surface area (Å²) in [5.74, 6) is -0.0353. The second-order valence-corrected chi connectivity index (χ2v) is 11.7. The number of carbonyl (C=O) groups is 2. The predicted octanol–water partition coefficient (Wildman–Crippen LogP) is 4.98. The highest BCUT2D eigenvalue weighted by Crippen LogP contribution is 2.42. The molecule has 0 bridgehead atoms. The van der Waals surface area contributed by atoms with E-state index in [1.807, 2.05) is 43.9 Å². The molecular weight excluding hydrogens is 428 g/mol. The van der Waals surface area contributed by atoms with Gasteiger partial charge in [0.05, 0.1) is 12.6 Å². The standard InChI is InChI=1S/C24H32N2O3S2/c1-15-14-30-23(25-15)22-16-8-5-6-10-19(16)31-20(22)12-18(27)17-9-7-11-26(17)13-21(28)29-24(2,3)4/h14,17H,5-13H2,1-4H3. The maximum Gasteiger partial charge on any atom is 0.320 e. The minimum Gasteiger partial charge on any atom is -0.459 e. The number of hydrogen-bond acceptors (Lipinski definition) is 7. The summed E-state index contributed by atoms with van der Waals surface area (Å²) in [5.41, 5.74) is 3.17. The van der Waals surface area contributed by atoms with Crippen LogP contribution in [0.4, 0.5) is 0 Å². The van der Waals surface area contributed by atoms with Crippen molar-refractivity contribution < 1.29 is 14.3 Å². The molecular formula is C24H32N2O3S2. The van der Waals surface area contributed by atoms with Crippen LogP contribution in [0.5, 0.6) is 0 Å². The highest BCUT2D eigenvalue weighted by molar-refractivity contribution is 7.15. The summed E-state index contributed by atoms with van der Waals surface area (Å²) in [6.45, 7) is 8.60. The van der Waals surface area contributed by atoms with Gasteiger partial charge < -0.3 is 4.74 Å². The molecule has 1 aliphatic carbocycles. The van der Waals surface area contributed by atoms with Crippen LogP contribution < -0.4 is 0 Å². The highest BCUT2D eigenvalue weighted by Gasteiger charge is 2.34. The maximum atomic E-state index is 13.4. The lowest BCUT2D eigenvalue weighted by atomic mass is 9.94. The summed E-state index contributed by atoms with van der Waals surface area (Å²) in [6, 6.07) is -0.197. The Morgan fingerprint density at radius 2 is 2.00 bits per heavy atom. The van der Waals surface area contributed by atoms with Gasteiger partial charge >= 0.3 is 5.97 Å². The molecule has 0 saturated carbocycles. The zero-order valence-electron chi connectivity index (χ0n) is 19.0. The molecule has 2 aromatic heterocycles. The summed E-state index contributed by atoms with van der Waals surface area (Å²) in [4.78, 5) is 35.1. The molecule has 5 nitrogen and oxygen atoms in total.